The van der Waals surface area contributed by atoms with Gasteiger partial charge in [0.1, 0.15) is 0 Å². The molecule has 0 heterocycles. The zero-order valence-electron chi connectivity index (χ0n) is 23.1. The predicted molar refractivity (Wildman–Crippen MR) is 179 cm³/mol. The molecule has 0 aliphatic carbocycles. The lowest BCUT2D eigenvalue weighted by Gasteiger charge is -2.13. The third kappa shape index (κ3) is 4.44. The van der Waals surface area contributed by atoms with Crippen LogP contribution in [0.25, 0.3) is 71.3 Å². The predicted octanol–water partition coefficient (Wildman–Crippen LogP) is 11.7. The lowest BCUT2D eigenvalue weighted by Crippen LogP contribution is -1.86. The van der Waals surface area contributed by atoms with Crippen molar-refractivity contribution in [2.75, 3.05) is 0 Å². The zero-order valence-corrected chi connectivity index (χ0v) is 23.1. The van der Waals surface area contributed by atoms with Crippen molar-refractivity contribution in [3.8, 4) is 33.4 Å². The van der Waals surface area contributed by atoms with Gasteiger partial charge in [-0.25, -0.2) is 0 Å². The molecule has 0 saturated carbocycles. The van der Waals surface area contributed by atoms with E-state index in [9.17, 15) is 0 Å². The van der Waals surface area contributed by atoms with Crippen molar-refractivity contribution < 1.29 is 0 Å². The second-order valence-electron chi connectivity index (χ2n) is 10.5. The highest BCUT2D eigenvalue weighted by atomic mass is 14.1. The van der Waals surface area contributed by atoms with Gasteiger partial charge in [-0.05, 0) is 102 Å². The van der Waals surface area contributed by atoms with Gasteiger partial charge in [-0.2, -0.15) is 0 Å². The van der Waals surface area contributed by atoms with E-state index in [1.54, 1.807) is 0 Å². The van der Waals surface area contributed by atoms with Crippen molar-refractivity contribution in [2.45, 2.75) is 6.92 Å². The van der Waals surface area contributed by atoms with Crippen LogP contribution in [-0.4, -0.2) is 0 Å². The molecule has 41 heavy (non-hydrogen) atoms. The molecule has 194 valence electrons. The van der Waals surface area contributed by atoms with E-state index in [2.05, 4.69) is 152 Å². The molecule has 0 nitrogen and oxygen atoms in total. The van der Waals surface area contributed by atoms with Gasteiger partial charge in [0.15, 0.2) is 0 Å². The van der Waals surface area contributed by atoms with E-state index in [1.807, 2.05) is 13.0 Å². The van der Waals surface area contributed by atoms with Crippen molar-refractivity contribution in [3.05, 3.63) is 164 Å². The summed E-state index contributed by atoms with van der Waals surface area (Å²) in [5, 5.41) is 7.81. The maximum Gasteiger partial charge on any atom is -0.00928 e. The fourth-order valence-corrected chi connectivity index (χ4v) is 6.10. The Hall–Kier alpha value is -5.20. The molecular weight excluding hydrogens is 492 g/mol. The highest BCUT2D eigenvalue weighted by Gasteiger charge is 2.10. The van der Waals surface area contributed by atoms with Crippen LogP contribution in [0.15, 0.2) is 158 Å². The van der Waals surface area contributed by atoms with Crippen LogP contribution in [0.2, 0.25) is 0 Å². The molecule has 0 fully saturated rings. The van der Waals surface area contributed by atoms with Crippen LogP contribution in [0.4, 0.5) is 0 Å². The number of hydrogen-bond acceptors (Lipinski definition) is 0. The quantitative estimate of drug-likeness (QED) is 0.156. The summed E-state index contributed by atoms with van der Waals surface area (Å²) in [6.07, 6.45) is 4.00. The fourth-order valence-electron chi connectivity index (χ4n) is 6.10. The summed E-state index contributed by atoms with van der Waals surface area (Å²) in [7, 11) is 0. The molecule has 0 saturated heterocycles. The Morgan fingerprint density at radius 2 is 0.829 bits per heavy atom. The van der Waals surface area contributed by atoms with E-state index < -0.39 is 0 Å². The van der Waals surface area contributed by atoms with E-state index in [4.69, 9.17) is 0 Å². The van der Waals surface area contributed by atoms with E-state index in [-0.39, 0.29) is 0 Å². The minimum Gasteiger partial charge on any atom is -0.0985 e. The highest BCUT2D eigenvalue weighted by molar-refractivity contribution is 6.25. The lowest BCUT2D eigenvalue weighted by molar-refractivity contribution is 1.56. The molecule has 7 rings (SSSR count). The van der Waals surface area contributed by atoms with Gasteiger partial charge in [0, 0.05) is 0 Å². The van der Waals surface area contributed by atoms with Crippen LogP contribution in [0.1, 0.15) is 12.5 Å². The molecule has 7 aromatic carbocycles. The van der Waals surface area contributed by atoms with Crippen LogP contribution in [0.5, 0.6) is 0 Å². The monoisotopic (exact) mass is 522 g/mol. The van der Waals surface area contributed by atoms with Gasteiger partial charge in [0.2, 0.25) is 0 Å². The normalized spacial score (nSPS) is 11.8. The van der Waals surface area contributed by atoms with E-state index in [1.165, 1.54) is 71.3 Å². The Morgan fingerprint density at radius 1 is 0.415 bits per heavy atom. The molecule has 0 radical (unpaired) electrons. The minimum atomic E-state index is 1.15. The molecule has 0 N–H and O–H groups in total. The van der Waals surface area contributed by atoms with Crippen LogP contribution in [-0.2, 0) is 0 Å². The summed E-state index contributed by atoms with van der Waals surface area (Å²) < 4.78 is 0. The van der Waals surface area contributed by atoms with E-state index >= 15 is 0 Å². The summed E-state index contributed by atoms with van der Waals surface area (Å²) in [5.41, 5.74) is 9.64. The van der Waals surface area contributed by atoms with E-state index in [0.717, 1.165) is 5.57 Å². The SMILES string of the molecule is C=C/C(=C\C)c1ccc(-c2cccc(-c3cccc(-c4ccc5c6ccccc6c6ccccc6c5c4)c3)c2)cc1. The first-order valence-corrected chi connectivity index (χ1v) is 14.2. The second kappa shape index (κ2) is 10.4. The first kappa shape index (κ1) is 24.8. The fraction of sp³-hybridized carbons (Fsp3) is 0.0244. The standard InChI is InChI=1S/C41H30/c1-3-28(4-2)29-19-21-30(22-20-29)31-11-9-12-32(25-31)33-13-10-14-34(26-33)35-23-24-40-38-17-6-5-15-36(38)37-16-7-8-18-39(37)41(40)27-35/h3-27H,1H2,2H3/b28-4+. The van der Waals surface area contributed by atoms with Crippen molar-refractivity contribution in [2.24, 2.45) is 0 Å². The minimum absolute atomic E-state index is 1.15. The topological polar surface area (TPSA) is 0 Å². The van der Waals surface area contributed by atoms with Gasteiger partial charge in [-0.1, -0.05) is 140 Å². The maximum absolute atomic E-state index is 3.93. The van der Waals surface area contributed by atoms with Gasteiger partial charge in [-0.15, -0.1) is 0 Å². The number of hydrogen-bond donors (Lipinski definition) is 0. The Bertz CT molecular complexity index is 2070. The third-order valence-corrected chi connectivity index (χ3v) is 8.22. The molecule has 0 aliphatic heterocycles. The largest absolute Gasteiger partial charge is 0.0985 e. The van der Waals surface area contributed by atoms with Crippen molar-refractivity contribution in [1.82, 2.24) is 0 Å². The van der Waals surface area contributed by atoms with Crippen LogP contribution in [0, 0.1) is 0 Å². The Morgan fingerprint density at radius 3 is 1.32 bits per heavy atom. The number of benzene rings is 7. The number of rotatable bonds is 5. The summed E-state index contributed by atoms with van der Waals surface area (Å²) in [5.74, 6) is 0. The average Bonchev–Trinajstić information content (AvgIpc) is 3.06. The summed E-state index contributed by atoms with van der Waals surface area (Å²) in [6.45, 7) is 5.98. The smallest absolute Gasteiger partial charge is 0.00928 e. The molecule has 0 atom stereocenters. The van der Waals surface area contributed by atoms with Crippen molar-refractivity contribution >= 4 is 37.9 Å². The molecule has 0 bridgehead atoms. The van der Waals surface area contributed by atoms with Gasteiger partial charge < -0.3 is 0 Å². The molecule has 0 aromatic heterocycles. The Kier molecular flexibility index (Phi) is 6.30. The van der Waals surface area contributed by atoms with Crippen molar-refractivity contribution in [3.63, 3.8) is 0 Å². The Labute approximate surface area is 241 Å². The maximum atomic E-state index is 3.93. The van der Waals surface area contributed by atoms with Gasteiger partial charge >= 0.3 is 0 Å². The van der Waals surface area contributed by atoms with Gasteiger partial charge in [-0.3, -0.25) is 0 Å². The molecule has 0 heteroatoms. The van der Waals surface area contributed by atoms with Crippen LogP contribution >= 0.6 is 0 Å². The second-order valence-corrected chi connectivity index (χ2v) is 10.5. The molecule has 0 unspecified atom stereocenters. The molecule has 0 spiro atoms. The van der Waals surface area contributed by atoms with Crippen molar-refractivity contribution in [1.29, 1.82) is 0 Å². The van der Waals surface area contributed by atoms with Gasteiger partial charge in [0.25, 0.3) is 0 Å². The highest BCUT2D eigenvalue weighted by Crippen LogP contribution is 2.38. The number of fused-ring (bicyclic) bond motifs is 6. The van der Waals surface area contributed by atoms with Crippen LogP contribution < -0.4 is 0 Å². The van der Waals surface area contributed by atoms with E-state index in [0.29, 0.717) is 0 Å². The molecule has 7 aromatic rings. The van der Waals surface area contributed by atoms with Gasteiger partial charge in [0.05, 0.1) is 0 Å². The number of allylic oxidation sites excluding steroid dienone is 3. The summed E-state index contributed by atoms with van der Waals surface area (Å²) >= 11 is 0. The summed E-state index contributed by atoms with van der Waals surface area (Å²) in [6, 6.07) is 50.9. The first-order valence-electron chi connectivity index (χ1n) is 14.2. The van der Waals surface area contributed by atoms with Crippen LogP contribution in [0.3, 0.4) is 0 Å². The molecular formula is C41H30. The lowest BCUT2D eigenvalue weighted by atomic mass is 9.91. The molecule has 0 aliphatic rings. The zero-order chi connectivity index (χ0) is 27.8. The first-order chi connectivity index (χ1) is 20.2. The molecule has 0 amide bonds. The average molecular weight is 523 g/mol. The summed E-state index contributed by atoms with van der Waals surface area (Å²) in [4.78, 5) is 0. The third-order valence-electron chi connectivity index (χ3n) is 8.22. The Balaban J connectivity index is 1.29.